The van der Waals surface area contributed by atoms with Gasteiger partial charge in [0.15, 0.2) is 11.6 Å². The summed E-state index contributed by atoms with van der Waals surface area (Å²) in [5.41, 5.74) is -1.59. The highest BCUT2D eigenvalue weighted by atomic mass is 32.3. The molecule has 160 valence electrons. The Kier molecular flexibility index (Phi) is 3.82. The average molecular weight is 425 g/mol. The fourth-order valence-electron chi connectivity index (χ4n) is 7.80. The smallest absolute Gasteiger partial charge is 0.382 e. The van der Waals surface area contributed by atoms with E-state index in [1.165, 1.54) is 6.92 Å². The van der Waals surface area contributed by atoms with E-state index in [4.69, 9.17) is 8.37 Å². The van der Waals surface area contributed by atoms with Gasteiger partial charge >= 0.3 is 10.4 Å². The summed E-state index contributed by atoms with van der Waals surface area (Å²) in [7, 11) is -4.06. The van der Waals surface area contributed by atoms with Crippen LogP contribution < -0.4 is 0 Å². The van der Waals surface area contributed by atoms with Crippen molar-refractivity contribution < 1.29 is 31.5 Å². The lowest BCUT2D eigenvalue weighted by atomic mass is 9.45. The molecule has 6 atom stereocenters. The third kappa shape index (κ3) is 2.21. The van der Waals surface area contributed by atoms with Crippen molar-refractivity contribution in [2.24, 2.45) is 28.6 Å². The van der Waals surface area contributed by atoms with Crippen LogP contribution in [0, 0.1) is 28.6 Å². The quantitative estimate of drug-likeness (QED) is 0.689. The van der Waals surface area contributed by atoms with Gasteiger partial charge in [-0.3, -0.25) is 9.59 Å². The van der Waals surface area contributed by atoms with Gasteiger partial charge in [-0.15, -0.1) is 0 Å². The van der Waals surface area contributed by atoms with E-state index >= 15 is 0 Å². The van der Waals surface area contributed by atoms with Crippen LogP contribution in [0.2, 0.25) is 0 Å². The van der Waals surface area contributed by atoms with Gasteiger partial charge in [0.25, 0.3) is 0 Å². The molecule has 0 amide bonds. The molecule has 0 aromatic rings. The Bertz CT molecular complexity index is 940. The molecule has 1 heterocycles. The maximum Gasteiger partial charge on any atom is 0.405 e. The summed E-state index contributed by atoms with van der Waals surface area (Å²) in [6, 6.07) is 0. The topological polar surface area (TPSA) is 107 Å². The van der Waals surface area contributed by atoms with Crippen molar-refractivity contribution in [3.05, 3.63) is 11.6 Å². The first-order valence-electron chi connectivity index (χ1n) is 10.5. The van der Waals surface area contributed by atoms with Crippen LogP contribution in [0.3, 0.4) is 0 Å². The van der Waals surface area contributed by atoms with Gasteiger partial charge in [0.1, 0.15) is 5.60 Å². The van der Waals surface area contributed by atoms with Crippen LogP contribution in [0.5, 0.6) is 0 Å². The SMILES string of the molecule is CC(=O)[C@]1(O)CC[C@H]2[C@@H]3CCC4=CC(=O)CC5(OS(=O)(=O)O5)[C@]4(C)[C@H]3CC[C@@]21C. The van der Waals surface area contributed by atoms with Gasteiger partial charge < -0.3 is 5.11 Å². The zero-order chi connectivity index (χ0) is 21.0. The van der Waals surface area contributed by atoms with Crippen LogP contribution in [0.4, 0.5) is 0 Å². The molecule has 5 aliphatic rings. The lowest BCUT2D eigenvalue weighted by Gasteiger charge is -2.64. The summed E-state index contributed by atoms with van der Waals surface area (Å²) in [4.78, 5) is 24.7. The molecule has 0 unspecified atom stereocenters. The van der Waals surface area contributed by atoms with Crippen LogP contribution in [0.1, 0.15) is 65.7 Å². The lowest BCUT2D eigenvalue weighted by Crippen LogP contribution is -2.69. The van der Waals surface area contributed by atoms with Gasteiger partial charge in [0, 0.05) is 10.8 Å². The third-order valence-corrected chi connectivity index (χ3v) is 10.3. The van der Waals surface area contributed by atoms with Gasteiger partial charge in [-0.05, 0) is 69.3 Å². The van der Waals surface area contributed by atoms with E-state index in [0.717, 1.165) is 24.8 Å². The highest BCUT2D eigenvalue weighted by Gasteiger charge is 2.73. The first-order valence-corrected chi connectivity index (χ1v) is 11.9. The number of fused-ring (bicyclic) bond motifs is 6. The van der Waals surface area contributed by atoms with Crippen molar-refractivity contribution in [2.75, 3.05) is 0 Å². The molecular formula is C21H28O7S. The molecule has 0 bridgehead atoms. The van der Waals surface area contributed by atoms with Crippen molar-refractivity contribution in [2.45, 2.75) is 77.1 Å². The molecule has 1 aliphatic heterocycles. The summed E-state index contributed by atoms with van der Waals surface area (Å²) < 4.78 is 34.3. The van der Waals surface area contributed by atoms with Crippen LogP contribution in [-0.2, 0) is 28.4 Å². The van der Waals surface area contributed by atoms with Crippen LogP contribution in [0.15, 0.2) is 11.6 Å². The first-order chi connectivity index (χ1) is 13.4. The molecule has 1 N–H and O–H groups in total. The molecule has 0 aromatic carbocycles. The van der Waals surface area contributed by atoms with Crippen molar-refractivity contribution in [1.82, 2.24) is 0 Å². The monoisotopic (exact) mass is 424 g/mol. The minimum Gasteiger partial charge on any atom is -0.382 e. The average Bonchev–Trinajstić information content (AvgIpc) is 2.87. The van der Waals surface area contributed by atoms with Gasteiger partial charge in [0.2, 0.25) is 5.79 Å². The van der Waals surface area contributed by atoms with E-state index in [-0.39, 0.29) is 35.7 Å². The second-order valence-corrected chi connectivity index (χ2v) is 11.3. The highest BCUT2D eigenvalue weighted by Crippen LogP contribution is 2.70. The summed E-state index contributed by atoms with van der Waals surface area (Å²) in [6.07, 6.45) is 5.73. The molecular weight excluding hydrogens is 396 g/mol. The third-order valence-electron chi connectivity index (χ3n) is 9.33. The van der Waals surface area contributed by atoms with E-state index in [2.05, 4.69) is 0 Å². The molecule has 3 saturated carbocycles. The number of carbonyl (C=O) groups excluding carboxylic acids is 2. The second kappa shape index (κ2) is 5.58. The number of rotatable bonds is 1. The van der Waals surface area contributed by atoms with Crippen molar-refractivity contribution in [3.8, 4) is 0 Å². The Hall–Kier alpha value is -1.09. The summed E-state index contributed by atoms with van der Waals surface area (Å²) >= 11 is 0. The van der Waals surface area contributed by atoms with Crippen LogP contribution in [-0.4, -0.2) is 36.5 Å². The minimum absolute atomic E-state index is 0.0680. The van der Waals surface area contributed by atoms with Gasteiger partial charge in [0.05, 0.1) is 6.42 Å². The molecule has 1 spiro atoms. The molecule has 5 rings (SSSR count). The predicted molar refractivity (Wildman–Crippen MR) is 102 cm³/mol. The molecule has 29 heavy (non-hydrogen) atoms. The predicted octanol–water partition coefficient (Wildman–Crippen LogP) is 2.44. The Labute approximate surface area is 171 Å². The maximum atomic E-state index is 12.3. The fraction of sp³-hybridized carbons (Fsp3) is 0.810. The molecule has 1 saturated heterocycles. The Morgan fingerprint density at radius 1 is 1.14 bits per heavy atom. The van der Waals surface area contributed by atoms with E-state index < -0.39 is 32.6 Å². The standard InChI is InChI=1S/C21H28O7S/c1-12(22)20(24)9-7-16-15-5-4-13-10-14(23)11-21(27-29(25,26)28-21)19(13,3)17(15)6-8-18(16,20)2/h10,15-17,24H,4-9,11H2,1-3H3/t15-,16-,17-,18-,19-,20+/m0/s1. The number of aliphatic hydroxyl groups is 1. The van der Waals surface area contributed by atoms with Crippen LogP contribution in [0.25, 0.3) is 0 Å². The maximum absolute atomic E-state index is 12.3. The lowest BCUT2D eigenvalue weighted by molar-refractivity contribution is -0.279. The number of hydrogen-bond acceptors (Lipinski definition) is 7. The van der Waals surface area contributed by atoms with Crippen molar-refractivity contribution in [1.29, 1.82) is 0 Å². The molecule has 4 aliphatic carbocycles. The Morgan fingerprint density at radius 3 is 2.41 bits per heavy atom. The largest absolute Gasteiger partial charge is 0.405 e. The summed E-state index contributed by atoms with van der Waals surface area (Å²) in [5.74, 6) is -1.35. The van der Waals surface area contributed by atoms with Crippen molar-refractivity contribution >= 4 is 22.0 Å². The van der Waals surface area contributed by atoms with E-state index in [1.54, 1.807) is 6.08 Å². The first kappa shape index (κ1) is 19.8. The van der Waals surface area contributed by atoms with Crippen LogP contribution >= 0.6 is 0 Å². The van der Waals surface area contributed by atoms with Crippen molar-refractivity contribution in [3.63, 3.8) is 0 Å². The second-order valence-electron chi connectivity index (χ2n) is 10.2. The van der Waals surface area contributed by atoms with Gasteiger partial charge in [-0.2, -0.15) is 8.42 Å². The number of hydrogen-bond donors (Lipinski definition) is 1. The zero-order valence-corrected chi connectivity index (χ0v) is 17.9. The normalized spacial score (nSPS) is 49.4. The van der Waals surface area contributed by atoms with Gasteiger partial charge in [-0.25, -0.2) is 8.37 Å². The van der Waals surface area contributed by atoms with E-state index in [0.29, 0.717) is 19.3 Å². The van der Waals surface area contributed by atoms with Gasteiger partial charge in [-0.1, -0.05) is 19.4 Å². The number of ketones is 2. The van der Waals surface area contributed by atoms with E-state index in [1.807, 2.05) is 13.8 Å². The fourth-order valence-corrected chi connectivity index (χ4v) is 8.93. The molecule has 8 heteroatoms. The minimum atomic E-state index is -4.06. The summed E-state index contributed by atoms with van der Waals surface area (Å²) in [6.45, 7) is 5.49. The molecule has 7 nitrogen and oxygen atoms in total. The Balaban J connectivity index is 1.57. The summed E-state index contributed by atoms with van der Waals surface area (Å²) in [5, 5.41) is 11.2. The molecule has 0 aromatic heterocycles. The molecule has 4 fully saturated rings. The zero-order valence-electron chi connectivity index (χ0n) is 17.1. The number of Topliss-reactive ketones (excluding diaryl/α,β-unsaturated/α-hetero) is 1. The van der Waals surface area contributed by atoms with E-state index in [9.17, 15) is 23.1 Å². The highest BCUT2D eigenvalue weighted by molar-refractivity contribution is 7.82. The molecule has 0 radical (unpaired) electrons. The Morgan fingerprint density at radius 2 is 1.79 bits per heavy atom. The number of carbonyl (C=O) groups is 2.